The molecule has 0 unspecified atom stereocenters. The van der Waals surface area contributed by atoms with Gasteiger partial charge in [-0.05, 0) is 30.4 Å². The van der Waals surface area contributed by atoms with Gasteiger partial charge >= 0.3 is 0 Å². The van der Waals surface area contributed by atoms with Crippen molar-refractivity contribution < 1.29 is 14.2 Å². The molecule has 0 fully saturated rings. The third-order valence-corrected chi connectivity index (χ3v) is 4.04. The van der Waals surface area contributed by atoms with E-state index in [0.717, 1.165) is 0 Å². The molecule has 0 aliphatic rings. The summed E-state index contributed by atoms with van der Waals surface area (Å²) in [4.78, 5) is 0. The minimum atomic E-state index is 0.377. The van der Waals surface area contributed by atoms with Crippen molar-refractivity contribution in [3.8, 4) is 17.2 Å². The lowest BCUT2D eigenvalue weighted by Crippen LogP contribution is -2.19. The van der Waals surface area contributed by atoms with Crippen LogP contribution in [0.1, 0.15) is 0 Å². The van der Waals surface area contributed by atoms with Gasteiger partial charge < -0.3 is 24.8 Å². The first-order valence-electron chi connectivity index (χ1n) is 6.81. The molecule has 8 heteroatoms. The molecule has 0 atom stereocenters. The summed E-state index contributed by atoms with van der Waals surface area (Å²) in [5.74, 6) is 1.56. The van der Waals surface area contributed by atoms with Gasteiger partial charge in [-0.2, -0.15) is 0 Å². The van der Waals surface area contributed by atoms with E-state index in [-0.39, 0.29) is 0 Å². The van der Waals surface area contributed by atoms with Crippen molar-refractivity contribution in [2.24, 2.45) is 0 Å². The number of hydrogen-bond donors (Lipinski definition) is 2. The Labute approximate surface area is 155 Å². The Hall–Kier alpha value is -1.89. The number of benzene rings is 2. The van der Waals surface area contributed by atoms with Gasteiger partial charge in [0.2, 0.25) is 5.75 Å². The van der Waals surface area contributed by atoms with Crippen LogP contribution in [0.25, 0.3) is 0 Å². The molecule has 128 valence electrons. The Balaban J connectivity index is 2.17. The zero-order chi connectivity index (χ0) is 17.7. The standard InChI is InChI=1S/C16H16Cl2N2O3S/c1-21-13-7-10(8-14(22-2)15(13)23-3)20-16(24)19-9-4-5-11(17)12(18)6-9/h4-8H,1-3H3,(H2,19,20,24). The highest BCUT2D eigenvalue weighted by atomic mass is 35.5. The summed E-state index contributed by atoms with van der Waals surface area (Å²) in [6, 6.07) is 8.66. The van der Waals surface area contributed by atoms with Gasteiger partial charge in [-0.25, -0.2) is 0 Å². The van der Waals surface area contributed by atoms with Gasteiger partial charge in [0.25, 0.3) is 0 Å². The van der Waals surface area contributed by atoms with E-state index in [4.69, 9.17) is 49.6 Å². The largest absolute Gasteiger partial charge is 0.493 e. The van der Waals surface area contributed by atoms with Crippen LogP contribution in [0.2, 0.25) is 10.0 Å². The van der Waals surface area contributed by atoms with E-state index >= 15 is 0 Å². The van der Waals surface area contributed by atoms with Gasteiger partial charge in [-0.1, -0.05) is 23.2 Å². The molecule has 2 N–H and O–H groups in total. The zero-order valence-electron chi connectivity index (χ0n) is 13.3. The number of methoxy groups -OCH3 is 3. The first kappa shape index (κ1) is 18.4. The summed E-state index contributed by atoms with van der Waals surface area (Å²) < 4.78 is 15.9. The lowest BCUT2D eigenvalue weighted by molar-refractivity contribution is 0.324. The Morgan fingerprint density at radius 2 is 1.42 bits per heavy atom. The van der Waals surface area contributed by atoms with Crippen molar-refractivity contribution in [2.45, 2.75) is 0 Å². The van der Waals surface area contributed by atoms with Gasteiger partial charge in [0, 0.05) is 23.5 Å². The maximum Gasteiger partial charge on any atom is 0.203 e. The van der Waals surface area contributed by atoms with Gasteiger partial charge in [0.1, 0.15) is 0 Å². The van der Waals surface area contributed by atoms with Crippen molar-refractivity contribution in [1.82, 2.24) is 0 Å². The summed E-state index contributed by atoms with van der Waals surface area (Å²) >= 11 is 17.2. The number of ether oxygens (including phenoxy) is 3. The van der Waals surface area contributed by atoms with E-state index in [0.29, 0.717) is 43.8 Å². The SMILES string of the molecule is COc1cc(NC(=S)Nc2ccc(Cl)c(Cl)c2)cc(OC)c1OC. The van der Waals surface area contributed by atoms with Crippen molar-refractivity contribution in [1.29, 1.82) is 0 Å². The number of nitrogens with one attached hydrogen (secondary N) is 2. The summed E-state index contributed by atoms with van der Waals surface area (Å²) in [5.41, 5.74) is 1.40. The van der Waals surface area contributed by atoms with E-state index in [2.05, 4.69) is 10.6 Å². The Bertz CT molecular complexity index is 731. The molecular weight excluding hydrogens is 371 g/mol. The van der Waals surface area contributed by atoms with Crippen LogP contribution in [-0.4, -0.2) is 26.4 Å². The summed E-state index contributed by atoms with van der Waals surface area (Å²) in [5, 5.41) is 7.38. The average molecular weight is 387 g/mol. The predicted molar refractivity (Wildman–Crippen MR) is 102 cm³/mol. The third-order valence-electron chi connectivity index (χ3n) is 3.10. The fourth-order valence-corrected chi connectivity index (χ4v) is 2.55. The molecule has 2 aromatic carbocycles. The van der Waals surface area contributed by atoms with Crippen molar-refractivity contribution in [3.63, 3.8) is 0 Å². The molecule has 0 amide bonds. The molecular formula is C16H16Cl2N2O3S. The van der Waals surface area contributed by atoms with Gasteiger partial charge in [0.15, 0.2) is 16.6 Å². The van der Waals surface area contributed by atoms with Crippen molar-refractivity contribution >= 4 is 51.9 Å². The third kappa shape index (κ3) is 4.35. The number of anilines is 2. The highest BCUT2D eigenvalue weighted by Crippen LogP contribution is 2.40. The van der Waals surface area contributed by atoms with Crippen molar-refractivity contribution in [3.05, 3.63) is 40.4 Å². The Morgan fingerprint density at radius 1 is 0.833 bits per heavy atom. The monoisotopic (exact) mass is 386 g/mol. The van der Waals surface area contributed by atoms with Crippen LogP contribution in [0.15, 0.2) is 30.3 Å². The van der Waals surface area contributed by atoms with Crippen LogP contribution in [0.3, 0.4) is 0 Å². The summed E-state index contributed by atoms with van der Waals surface area (Å²) in [7, 11) is 4.64. The lowest BCUT2D eigenvalue weighted by atomic mass is 10.2. The molecule has 0 spiro atoms. The van der Waals surface area contributed by atoms with E-state index in [1.165, 1.54) is 0 Å². The minimum absolute atomic E-state index is 0.377. The van der Waals surface area contributed by atoms with E-state index in [9.17, 15) is 0 Å². The first-order chi connectivity index (χ1) is 11.5. The molecule has 0 aliphatic carbocycles. The van der Waals surface area contributed by atoms with E-state index in [1.807, 2.05) is 0 Å². The van der Waals surface area contributed by atoms with Crippen LogP contribution in [0.5, 0.6) is 17.2 Å². The molecule has 0 bridgehead atoms. The second kappa shape index (κ2) is 8.28. The average Bonchev–Trinajstić information content (AvgIpc) is 2.57. The normalized spacial score (nSPS) is 10.0. The number of rotatable bonds is 5. The molecule has 0 radical (unpaired) electrons. The second-order valence-corrected chi connectivity index (χ2v) is 5.84. The highest BCUT2D eigenvalue weighted by Gasteiger charge is 2.13. The Morgan fingerprint density at radius 3 is 1.92 bits per heavy atom. The second-order valence-electron chi connectivity index (χ2n) is 4.62. The zero-order valence-corrected chi connectivity index (χ0v) is 15.6. The smallest absolute Gasteiger partial charge is 0.203 e. The van der Waals surface area contributed by atoms with Gasteiger partial charge in [0.05, 0.1) is 31.4 Å². The summed E-state index contributed by atoms with van der Waals surface area (Å²) in [6.07, 6.45) is 0. The van der Waals surface area contributed by atoms with Gasteiger partial charge in [-0.15, -0.1) is 0 Å². The molecule has 0 saturated carbocycles. The quantitative estimate of drug-likeness (QED) is 0.717. The molecule has 0 saturated heterocycles. The number of thiocarbonyl (C=S) groups is 1. The predicted octanol–water partition coefficient (Wildman–Crippen LogP) is 4.83. The molecule has 0 aromatic heterocycles. The fraction of sp³-hybridized carbons (Fsp3) is 0.188. The first-order valence-corrected chi connectivity index (χ1v) is 7.98. The maximum atomic E-state index is 5.99. The topological polar surface area (TPSA) is 51.8 Å². The maximum absolute atomic E-state index is 5.99. The van der Waals surface area contributed by atoms with Crippen LogP contribution >= 0.6 is 35.4 Å². The van der Waals surface area contributed by atoms with Gasteiger partial charge in [-0.3, -0.25) is 0 Å². The molecule has 2 aromatic rings. The van der Waals surface area contributed by atoms with Crippen LogP contribution < -0.4 is 24.8 Å². The Kier molecular flexibility index (Phi) is 6.36. The van der Waals surface area contributed by atoms with Crippen LogP contribution in [-0.2, 0) is 0 Å². The molecule has 24 heavy (non-hydrogen) atoms. The molecule has 2 rings (SSSR count). The highest BCUT2D eigenvalue weighted by molar-refractivity contribution is 7.80. The van der Waals surface area contributed by atoms with E-state index in [1.54, 1.807) is 51.7 Å². The molecule has 5 nitrogen and oxygen atoms in total. The summed E-state index contributed by atoms with van der Waals surface area (Å²) in [6.45, 7) is 0. The molecule has 0 aliphatic heterocycles. The van der Waals surface area contributed by atoms with Crippen LogP contribution in [0, 0.1) is 0 Å². The van der Waals surface area contributed by atoms with Crippen molar-refractivity contribution in [2.75, 3.05) is 32.0 Å². The minimum Gasteiger partial charge on any atom is -0.493 e. The fourth-order valence-electron chi connectivity index (χ4n) is 2.02. The van der Waals surface area contributed by atoms with E-state index < -0.39 is 0 Å². The number of hydrogen-bond acceptors (Lipinski definition) is 4. The lowest BCUT2D eigenvalue weighted by Gasteiger charge is -2.16. The molecule has 0 heterocycles. The van der Waals surface area contributed by atoms with Crippen LogP contribution in [0.4, 0.5) is 11.4 Å². The number of halogens is 2.